The van der Waals surface area contributed by atoms with Crippen LogP contribution in [0.2, 0.25) is 0 Å². The lowest BCUT2D eigenvalue weighted by Gasteiger charge is -2.26. The standard InChI is InChI=1S/C12H14FN3OS/c13-8-5-2-6-9(10(8)11(14)18)16-12(17)15-7-3-1-4-7/h2,5-7H,1,3-4H2,(H2,14,18)(H2,15,16,17). The molecule has 1 aromatic rings. The molecule has 2 amide bonds. The summed E-state index contributed by atoms with van der Waals surface area (Å²) in [5.41, 5.74) is 5.81. The van der Waals surface area contributed by atoms with Crippen LogP contribution >= 0.6 is 12.2 Å². The van der Waals surface area contributed by atoms with E-state index in [1.807, 2.05) is 0 Å². The van der Waals surface area contributed by atoms with E-state index in [1.165, 1.54) is 12.1 Å². The Balaban J connectivity index is 2.10. The first-order valence-electron chi connectivity index (χ1n) is 5.74. The van der Waals surface area contributed by atoms with Gasteiger partial charge >= 0.3 is 6.03 Å². The first kappa shape index (κ1) is 12.8. The number of halogens is 1. The monoisotopic (exact) mass is 267 g/mol. The Morgan fingerprint density at radius 3 is 2.72 bits per heavy atom. The van der Waals surface area contributed by atoms with Crippen LogP contribution in [0.1, 0.15) is 24.8 Å². The molecule has 0 bridgehead atoms. The predicted molar refractivity (Wildman–Crippen MR) is 72.1 cm³/mol. The molecule has 0 aromatic heterocycles. The molecule has 0 spiro atoms. The van der Waals surface area contributed by atoms with E-state index in [2.05, 4.69) is 10.6 Å². The first-order chi connectivity index (χ1) is 8.58. The van der Waals surface area contributed by atoms with Gasteiger partial charge in [-0.1, -0.05) is 18.3 Å². The highest BCUT2D eigenvalue weighted by molar-refractivity contribution is 7.80. The number of carbonyl (C=O) groups excluding carboxylic acids is 1. The number of thiocarbonyl (C=S) groups is 1. The van der Waals surface area contributed by atoms with E-state index in [4.69, 9.17) is 18.0 Å². The van der Waals surface area contributed by atoms with Gasteiger partial charge in [0, 0.05) is 6.04 Å². The molecule has 0 heterocycles. The van der Waals surface area contributed by atoms with E-state index in [0.29, 0.717) is 5.69 Å². The fourth-order valence-corrected chi connectivity index (χ4v) is 1.98. The lowest BCUT2D eigenvalue weighted by atomic mass is 9.93. The predicted octanol–water partition coefficient (Wildman–Crippen LogP) is 2.13. The summed E-state index contributed by atoms with van der Waals surface area (Å²) in [7, 11) is 0. The number of nitrogens with two attached hydrogens (primary N) is 1. The van der Waals surface area contributed by atoms with Gasteiger partial charge in [0.1, 0.15) is 10.8 Å². The molecule has 0 saturated heterocycles. The van der Waals surface area contributed by atoms with Crippen LogP contribution in [-0.2, 0) is 0 Å². The third-order valence-electron chi connectivity index (χ3n) is 2.95. The van der Waals surface area contributed by atoms with Gasteiger partial charge in [-0.15, -0.1) is 0 Å². The van der Waals surface area contributed by atoms with Gasteiger partial charge in [-0.05, 0) is 31.4 Å². The smallest absolute Gasteiger partial charge is 0.319 e. The minimum absolute atomic E-state index is 0.0660. The fourth-order valence-electron chi connectivity index (χ4n) is 1.78. The van der Waals surface area contributed by atoms with Gasteiger partial charge in [0.2, 0.25) is 0 Å². The van der Waals surface area contributed by atoms with Crippen molar-refractivity contribution in [3.63, 3.8) is 0 Å². The topological polar surface area (TPSA) is 67.1 Å². The zero-order valence-electron chi connectivity index (χ0n) is 9.70. The molecule has 1 saturated carbocycles. The van der Waals surface area contributed by atoms with Crippen LogP contribution < -0.4 is 16.4 Å². The highest BCUT2D eigenvalue weighted by atomic mass is 32.1. The molecule has 1 aromatic carbocycles. The normalized spacial score (nSPS) is 14.7. The minimum Gasteiger partial charge on any atom is -0.389 e. The zero-order chi connectivity index (χ0) is 13.1. The summed E-state index contributed by atoms with van der Waals surface area (Å²) in [6.07, 6.45) is 3.10. The number of benzene rings is 1. The van der Waals surface area contributed by atoms with E-state index >= 15 is 0 Å². The highest BCUT2D eigenvalue weighted by Crippen LogP contribution is 2.20. The van der Waals surface area contributed by atoms with Crippen LogP contribution in [0.5, 0.6) is 0 Å². The molecular weight excluding hydrogens is 253 g/mol. The van der Waals surface area contributed by atoms with Crippen LogP contribution in [0, 0.1) is 5.82 Å². The lowest BCUT2D eigenvalue weighted by molar-refractivity contribution is 0.240. The maximum Gasteiger partial charge on any atom is 0.319 e. The van der Waals surface area contributed by atoms with Crippen molar-refractivity contribution in [3.05, 3.63) is 29.6 Å². The van der Waals surface area contributed by atoms with Gasteiger partial charge in [-0.25, -0.2) is 9.18 Å². The van der Waals surface area contributed by atoms with Gasteiger partial charge in [-0.3, -0.25) is 0 Å². The van der Waals surface area contributed by atoms with Gasteiger partial charge < -0.3 is 16.4 Å². The van der Waals surface area contributed by atoms with Crippen molar-refractivity contribution in [2.45, 2.75) is 25.3 Å². The number of nitrogens with one attached hydrogen (secondary N) is 2. The maximum atomic E-state index is 13.6. The Labute approximate surface area is 110 Å². The summed E-state index contributed by atoms with van der Waals surface area (Å²) in [4.78, 5) is 11.6. The van der Waals surface area contributed by atoms with Crippen molar-refractivity contribution < 1.29 is 9.18 Å². The second kappa shape index (κ2) is 5.30. The van der Waals surface area contributed by atoms with Crippen LogP contribution in [0.25, 0.3) is 0 Å². The Morgan fingerprint density at radius 2 is 2.17 bits per heavy atom. The summed E-state index contributed by atoms with van der Waals surface area (Å²) in [5, 5.41) is 5.37. The molecule has 1 aliphatic carbocycles. The number of rotatable bonds is 3. The van der Waals surface area contributed by atoms with Gasteiger partial charge in [-0.2, -0.15) is 0 Å². The number of hydrogen-bond acceptors (Lipinski definition) is 2. The van der Waals surface area contributed by atoms with E-state index < -0.39 is 5.82 Å². The number of hydrogen-bond donors (Lipinski definition) is 3. The number of urea groups is 1. The average Bonchev–Trinajstić information content (AvgIpc) is 2.23. The van der Waals surface area contributed by atoms with E-state index in [1.54, 1.807) is 6.07 Å². The Bertz CT molecular complexity index is 488. The molecule has 4 nitrogen and oxygen atoms in total. The van der Waals surface area contributed by atoms with E-state index in [0.717, 1.165) is 19.3 Å². The molecule has 18 heavy (non-hydrogen) atoms. The maximum absolute atomic E-state index is 13.6. The average molecular weight is 267 g/mol. The Kier molecular flexibility index (Phi) is 3.76. The second-order valence-electron chi connectivity index (χ2n) is 4.25. The second-order valence-corrected chi connectivity index (χ2v) is 4.69. The highest BCUT2D eigenvalue weighted by Gasteiger charge is 2.20. The summed E-state index contributed by atoms with van der Waals surface area (Å²) < 4.78 is 13.6. The summed E-state index contributed by atoms with van der Waals surface area (Å²) in [6.45, 7) is 0. The zero-order valence-corrected chi connectivity index (χ0v) is 10.5. The van der Waals surface area contributed by atoms with Gasteiger partial charge in [0.15, 0.2) is 0 Å². The number of anilines is 1. The van der Waals surface area contributed by atoms with Crippen molar-refractivity contribution in [1.29, 1.82) is 0 Å². The molecule has 2 rings (SSSR count). The Morgan fingerprint density at radius 1 is 1.44 bits per heavy atom. The largest absolute Gasteiger partial charge is 0.389 e. The molecule has 1 aliphatic rings. The molecule has 4 N–H and O–H groups in total. The number of carbonyl (C=O) groups is 1. The van der Waals surface area contributed by atoms with Crippen LogP contribution in [0.15, 0.2) is 18.2 Å². The SMILES string of the molecule is NC(=S)c1c(F)cccc1NC(=O)NC1CCC1. The lowest BCUT2D eigenvalue weighted by Crippen LogP contribution is -2.42. The molecular formula is C12H14FN3OS. The third kappa shape index (κ3) is 2.76. The molecule has 6 heteroatoms. The van der Waals surface area contributed by atoms with Gasteiger partial charge in [0.25, 0.3) is 0 Å². The van der Waals surface area contributed by atoms with Crippen LogP contribution in [0.3, 0.4) is 0 Å². The summed E-state index contributed by atoms with van der Waals surface area (Å²) >= 11 is 4.78. The van der Waals surface area contributed by atoms with Gasteiger partial charge in [0.05, 0.1) is 11.3 Å². The van der Waals surface area contributed by atoms with E-state index in [9.17, 15) is 9.18 Å². The van der Waals surface area contributed by atoms with Crippen molar-refractivity contribution in [2.24, 2.45) is 5.73 Å². The van der Waals surface area contributed by atoms with Crippen LogP contribution in [0.4, 0.5) is 14.9 Å². The molecule has 96 valence electrons. The van der Waals surface area contributed by atoms with E-state index in [-0.39, 0.29) is 22.6 Å². The minimum atomic E-state index is -0.538. The molecule has 0 atom stereocenters. The molecule has 1 fully saturated rings. The van der Waals surface area contributed by atoms with Crippen molar-refractivity contribution in [2.75, 3.05) is 5.32 Å². The molecule has 0 unspecified atom stereocenters. The third-order valence-corrected chi connectivity index (χ3v) is 3.15. The van der Waals surface area contributed by atoms with Crippen LogP contribution in [-0.4, -0.2) is 17.1 Å². The van der Waals surface area contributed by atoms with Crippen molar-refractivity contribution >= 4 is 28.9 Å². The Hall–Kier alpha value is -1.69. The molecule has 0 aliphatic heterocycles. The summed E-state index contributed by atoms with van der Waals surface area (Å²) in [5.74, 6) is -0.538. The summed E-state index contributed by atoms with van der Waals surface area (Å²) in [6, 6.07) is 4.17. The van der Waals surface area contributed by atoms with Crippen molar-refractivity contribution in [3.8, 4) is 0 Å². The van der Waals surface area contributed by atoms with Crippen molar-refractivity contribution in [1.82, 2.24) is 5.32 Å². The fraction of sp³-hybridized carbons (Fsp3) is 0.333. The first-order valence-corrected chi connectivity index (χ1v) is 6.14. The molecule has 0 radical (unpaired) electrons. The quantitative estimate of drug-likeness (QED) is 0.735. The number of amides is 2.